The smallest absolute Gasteiger partial charge is 0.241 e. The molecule has 0 fully saturated rings. The van der Waals surface area contributed by atoms with Gasteiger partial charge in [0.2, 0.25) is 5.91 Å². The summed E-state index contributed by atoms with van der Waals surface area (Å²) in [5, 5.41) is 3.47. The molecule has 17 heavy (non-hydrogen) atoms. The summed E-state index contributed by atoms with van der Waals surface area (Å²) in [6.07, 6.45) is 0.619. The predicted octanol–water partition coefficient (Wildman–Crippen LogP) is 3.31. The first-order valence-electron chi connectivity index (χ1n) is 5.42. The van der Waals surface area contributed by atoms with Gasteiger partial charge >= 0.3 is 0 Å². The molecule has 0 radical (unpaired) electrons. The fourth-order valence-corrected chi connectivity index (χ4v) is 1.94. The minimum absolute atomic E-state index is 0.270. The Morgan fingerprint density at radius 1 is 1.35 bits per heavy atom. The second-order valence-corrected chi connectivity index (χ2v) is 5.14. The molecule has 5 heteroatoms. The van der Waals surface area contributed by atoms with E-state index in [1.165, 1.54) is 0 Å². The Balaban J connectivity index is 2.74. The van der Waals surface area contributed by atoms with Crippen LogP contribution in [0, 0.1) is 5.92 Å². The quantitative estimate of drug-likeness (QED) is 0.885. The van der Waals surface area contributed by atoms with Crippen LogP contribution in [0.2, 0.25) is 10.0 Å². The van der Waals surface area contributed by atoms with Crippen molar-refractivity contribution < 1.29 is 4.79 Å². The number of halogens is 2. The van der Waals surface area contributed by atoms with Gasteiger partial charge in [0.25, 0.3) is 0 Å². The summed E-state index contributed by atoms with van der Waals surface area (Å²) < 4.78 is 0. The second-order valence-electron chi connectivity index (χ2n) is 4.32. The van der Waals surface area contributed by atoms with Gasteiger partial charge in [0.05, 0.1) is 21.8 Å². The Hall–Kier alpha value is -0.770. The molecule has 3 N–H and O–H groups in total. The maximum atomic E-state index is 11.8. The third kappa shape index (κ3) is 4.19. The molecule has 0 spiro atoms. The molecule has 1 aromatic rings. The largest absolute Gasteiger partial charge is 0.322 e. The van der Waals surface area contributed by atoms with Crippen LogP contribution in [0.1, 0.15) is 20.3 Å². The normalized spacial score (nSPS) is 12.6. The zero-order valence-electron chi connectivity index (χ0n) is 9.84. The third-order valence-electron chi connectivity index (χ3n) is 2.27. The average molecular weight is 275 g/mol. The molecule has 0 aliphatic rings. The van der Waals surface area contributed by atoms with E-state index in [1.807, 2.05) is 13.8 Å². The van der Waals surface area contributed by atoms with E-state index in [4.69, 9.17) is 28.9 Å². The Labute approximate surface area is 111 Å². The second kappa shape index (κ2) is 6.24. The van der Waals surface area contributed by atoms with Gasteiger partial charge in [-0.05, 0) is 24.5 Å². The number of nitrogens with two attached hydrogens (primary N) is 1. The van der Waals surface area contributed by atoms with Crippen molar-refractivity contribution in [3.63, 3.8) is 0 Å². The summed E-state index contributed by atoms with van der Waals surface area (Å²) >= 11 is 11.9. The van der Waals surface area contributed by atoms with Gasteiger partial charge in [-0.3, -0.25) is 4.79 Å². The standard InChI is InChI=1S/C12H16Cl2N2O/c1-7(2)6-10(15)12(17)16-11-8(13)4-3-5-9(11)14/h3-5,7,10H,6,15H2,1-2H3,(H,16,17). The summed E-state index contributed by atoms with van der Waals surface area (Å²) in [7, 11) is 0. The number of benzene rings is 1. The number of rotatable bonds is 4. The Morgan fingerprint density at radius 2 is 1.88 bits per heavy atom. The number of para-hydroxylation sites is 1. The topological polar surface area (TPSA) is 55.1 Å². The molecule has 0 saturated heterocycles. The summed E-state index contributed by atoms with van der Waals surface area (Å²) in [4.78, 5) is 11.8. The van der Waals surface area contributed by atoms with Crippen molar-refractivity contribution in [2.45, 2.75) is 26.3 Å². The maximum Gasteiger partial charge on any atom is 0.241 e. The highest BCUT2D eigenvalue weighted by Crippen LogP contribution is 2.29. The molecule has 1 rings (SSSR count). The number of anilines is 1. The van der Waals surface area contributed by atoms with Crippen molar-refractivity contribution in [1.82, 2.24) is 0 Å². The fraction of sp³-hybridized carbons (Fsp3) is 0.417. The molecule has 0 aliphatic carbocycles. The van der Waals surface area contributed by atoms with Crippen molar-refractivity contribution in [3.05, 3.63) is 28.2 Å². The van der Waals surface area contributed by atoms with E-state index < -0.39 is 6.04 Å². The minimum atomic E-state index is -0.553. The van der Waals surface area contributed by atoms with E-state index in [1.54, 1.807) is 18.2 Å². The molecular weight excluding hydrogens is 259 g/mol. The molecular formula is C12H16Cl2N2O. The Morgan fingerprint density at radius 3 is 2.35 bits per heavy atom. The molecule has 1 unspecified atom stereocenters. The van der Waals surface area contributed by atoms with Gasteiger partial charge < -0.3 is 11.1 Å². The number of carbonyl (C=O) groups excluding carboxylic acids is 1. The lowest BCUT2D eigenvalue weighted by Crippen LogP contribution is -2.36. The highest BCUT2D eigenvalue weighted by molar-refractivity contribution is 6.39. The van der Waals surface area contributed by atoms with Crippen molar-refractivity contribution >= 4 is 34.8 Å². The van der Waals surface area contributed by atoms with Crippen LogP contribution in [0.4, 0.5) is 5.69 Å². The van der Waals surface area contributed by atoms with Gasteiger partial charge in [0.1, 0.15) is 0 Å². The van der Waals surface area contributed by atoms with Crippen LogP contribution in [0.3, 0.4) is 0 Å². The van der Waals surface area contributed by atoms with E-state index in [0.29, 0.717) is 28.1 Å². The molecule has 0 aromatic heterocycles. The van der Waals surface area contributed by atoms with Gasteiger partial charge in [0, 0.05) is 0 Å². The monoisotopic (exact) mass is 274 g/mol. The van der Waals surface area contributed by atoms with Gasteiger partial charge in [-0.15, -0.1) is 0 Å². The Bertz CT molecular complexity index is 387. The van der Waals surface area contributed by atoms with Gasteiger partial charge in [-0.25, -0.2) is 0 Å². The van der Waals surface area contributed by atoms with Crippen LogP contribution in [-0.4, -0.2) is 11.9 Å². The fourth-order valence-electron chi connectivity index (χ4n) is 1.45. The van der Waals surface area contributed by atoms with Gasteiger partial charge in [-0.1, -0.05) is 43.1 Å². The molecule has 0 saturated carbocycles. The molecule has 0 aliphatic heterocycles. The zero-order chi connectivity index (χ0) is 13.0. The zero-order valence-corrected chi connectivity index (χ0v) is 11.3. The van der Waals surface area contributed by atoms with E-state index in [0.717, 1.165) is 0 Å². The third-order valence-corrected chi connectivity index (χ3v) is 2.90. The van der Waals surface area contributed by atoms with Crippen LogP contribution in [-0.2, 0) is 4.79 Å². The number of hydrogen-bond donors (Lipinski definition) is 2. The molecule has 3 nitrogen and oxygen atoms in total. The van der Waals surface area contributed by atoms with E-state index in [9.17, 15) is 4.79 Å². The Kier molecular flexibility index (Phi) is 5.25. The number of carbonyl (C=O) groups is 1. The molecule has 1 atom stereocenters. The highest BCUT2D eigenvalue weighted by Gasteiger charge is 2.17. The molecule has 1 aromatic carbocycles. The summed E-state index contributed by atoms with van der Waals surface area (Å²) in [5.41, 5.74) is 6.18. The van der Waals surface area contributed by atoms with Crippen LogP contribution in [0.15, 0.2) is 18.2 Å². The lowest BCUT2D eigenvalue weighted by atomic mass is 10.0. The van der Waals surface area contributed by atoms with Crippen molar-refractivity contribution in [2.24, 2.45) is 11.7 Å². The van der Waals surface area contributed by atoms with Crippen molar-refractivity contribution in [2.75, 3.05) is 5.32 Å². The van der Waals surface area contributed by atoms with Gasteiger partial charge in [-0.2, -0.15) is 0 Å². The van der Waals surface area contributed by atoms with Crippen LogP contribution < -0.4 is 11.1 Å². The molecule has 0 heterocycles. The molecule has 94 valence electrons. The van der Waals surface area contributed by atoms with Crippen LogP contribution in [0.25, 0.3) is 0 Å². The van der Waals surface area contributed by atoms with Crippen molar-refractivity contribution in [1.29, 1.82) is 0 Å². The first-order valence-corrected chi connectivity index (χ1v) is 6.18. The van der Waals surface area contributed by atoms with E-state index in [2.05, 4.69) is 5.32 Å². The average Bonchev–Trinajstić information content (AvgIpc) is 2.22. The summed E-state index contributed by atoms with van der Waals surface area (Å²) in [5.74, 6) is 0.0890. The van der Waals surface area contributed by atoms with E-state index >= 15 is 0 Å². The lowest BCUT2D eigenvalue weighted by molar-refractivity contribution is -0.117. The SMILES string of the molecule is CC(C)CC(N)C(=O)Nc1c(Cl)cccc1Cl. The number of amides is 1. The molecule has 1 amide bonds. The van der Waals surface area contributed by atoms with E-state index in [-0.39, 0.29) is 5.91 Å². The van der Waals surface area contributed by atoms with Crippen LogP contribution in [0.5, 0.6) is 0 Å². The number of hydrogen-bond acceptors (Lipinski definition) is 2. The minimum Gasteiger partial charge on any atom is -0.322 e. The van der Waals surface area contributed by atoms with Gasteiger partial charge in [0.15, 0.2) is 0 Å². The van der Waals surface area contributed by atoms with Crippen molar-refractivity contribution in [3.8, 4) is 0 Å². The predicted molar refractivity (Wildman–Crippen MR) is 72.5 cm³/mol. The molecule has 0 bridgehead atoms. The highest BCUT2D eigenvalue weighted by atomic mass is 35.5. The first kappa shape index (κ1) is 14.3. The number of nitrogens with one attached hydrogen (secondary N) is 1. The summed E-state index contributed by atoms with van der Waals surface area (Å²) in [6.45, 7) is 4.02. The maximum absolute atomic E-state index is 11.8. The summed E-state index contributed by atoms with van der Waals surface area (Å²) in [6, 6.07) is 4.49. The lowest BCUT2D eigenvalue weighted by Gasteiger charge is -2.15. The first-order chi connectivity index (χ1) is 7.91. The van der Waals surface area contributed by atoms with Crippen LogP contribution >= 0.6 is 23.2 Å².